The van der Waals surface area contributed by atoms with Crippen LogP contribution in [0.2, 0.25) is 0 Å². The predicted molar refractivity (Wildman–Crippen MR) is 72.8 cm³/mol. The van der Waals surface area contributed by atoms with Crippen molar-refractivity contribution < 1.29 is 4.79 Å². The fourth-order valence-corrected chi connectivity index (χ4v) is 2.62. The molecule has 0 spiro atoms. The van der Waals surface area contributed by atoms with Crippen LogP contribution in [-0.4, -0.2) is 23.4 Å². The maximum atomic E-state index is 12.2. The number of nitrogens with zero attached hydrogens (tertiary/aromatic N) is 2. The van der Waals surface area contributed by atoms with Crippen molar-refractivity contribution in [2.24, 2.45) is 0 Å². The highest BCUT2D eigenvalue weighted by atomic mass is 79.9. The monoisotopic (exact) mass is 306 g/mol. The third-order valence-electron chi connectivity index (χ3n) is 3.70. The molecule has 1 aliphatic rings. The van der Waals surface area contributed by atoms with Crippen LogP contribution in [0.4, 0.5) is 0 Å². The van der Waals surface area contributed by atoms with Gasteiger partial charge in [-0.3, -0.25) is 4.79 Å². The van der Waals surface area contributed by atoms with Gasteiger partial charge in [-0.15, -0.1) is 0 Å². The number of amides is 1. The Bertz CT molecular complexity index is 503. The van der Waals surface area contributed by atoms with Crippen LogP contribution in [0.15, 0.2) is 28.7 Å². The van der Waals surface area contributed by atoms with Gasteiger partial charge >= 0.3 is 0 Å². The van der Waals surface area contributed by atoms with E-state index < -0.39 is 5.54 Å². The van der Waals surface area contributed by atoms with Crippen molar-refractivity contribution in [3.8, 4) is 6.07 Å². The molecule has 3 nitrogen and oxygen atoms in total. The van der Waals surface area contributed by atoms with Crippen LogP contribution in [0.1, 0.15) is 24.8 Å². The van der Waals surface area contributed by atoms with Gasteiger partial charge in [-0.1, -0.05) is 34.1 Å². The van der Waals surface area contributed by atoms with Gasteiger partial charge in [0.1, 0.15) is 5.54 Å². The summed E-state index contributed by atoms with van der Waals surface area (Å²) in [5, 5.41) is 9.22. The molecule has 1 aromatic rings. The number of rotatable bonds is 3. The van der Waals surface area contributed by atoms with E-state index in [0.717, 1.165) is 29.3 Å². The van der Waals surface area contributed by atoms with Crippen molar-refractivity contribution in [2.45, 2.75) is 31.2 Å². The molecule has 0 bridgehead atoms. The first-order valence-electron chi connectivity index (χ1n) is 6.00. The van der Waals surface area contributed by atoms with Crippen molar-refractivity contribution in [3.63, 3.8) is 0 Å². The minimum absolute atomic E-state index is 0.00292. The molecule has 0 aliphatic heterocycles. The molecule has 0 radical (unpaired) electrons. The third-order valence-corrected chi connectivity index (χ3v) is 4.48. The van der Waals surface area contributed by atoms with Crippen molar-refractivity contribution >= 4 is 21.8 Å². The van der Waals surface area contributed by atoms with E-state index in [0.29, 0.717) is 6.42 Å². The van der Waals surface area contributed by atoms with Crippen LogP contribution >= 0.6 is 15.9 Å². The normalized spacial score (nSPS) is 16.5. The number of hydrogen-bond donors (Lipinski definition) is 0. The van der Waals surface area contributed by atoms with E-state index in [4.69, 9.17) is 0 Å². The maximum Gasteiger partial charge on any atom is 0.228 e. The first-order chi connectivity index (χ1) is 8.59. The predicted octanol–water partition coefficient (Wildman–Crippen LogP) is 2.90. The molecule has 0 aromatic heterocycles. The Morgan fingerprint density at radius 1 is 1.50 bits per heavy atom. The molecule has 1 aromatic carbocycles. The van der Waals surface area contributed by atoms with Gasteiger partial charge < -0.3 is 4.90 Å². The Morgan fingerprint density at radius 3 is 2.67 bits per heavy atom. The number of halogens is 1. The minimum Gasteiger partial charge on any atom is -0.327 e. The van der Waals surface area contributed by atoms with Gasteiger partial charge in [-0.2, -0.15) is 5.26 Å². The highest BCUT2D eigenvalue weighted by Crippen LogP contribution is 2.36. The zero-order valence-electron chi connectivity index (χ0n) is 10.3. The number of carbonyl (C=O) groups is 1. The molecule has 94 valence electrons. The molecule has 2 rings (SSSR count). The molecule has 0 atom stereocenters. The lowest BCUT2D eigenvalue weighted by atomic mass is 9.76. The van der Waals surface area contributed by atoms with Crippen LogP contribution in [0, 0.1) is 11.3 Å². The van der Waals surface area contributed by atoms with Crippen LogP contribution in [0.25, 0.3) is 0 Å². The van der Waals surface area contributed by atoms with Crippen molar-refractivity contribution in [2.75, 3.05) is 7.05 Å². The molecule has 1 amide bonds. The summed E-state index contributed by atoms with van der Waals surface area (Å²) >= 11 is 3.44. The summed E-state index contributed by atoms with van der Waals surface area (Å²) in [6, 6.07) is 9.97. The van der Waals surface area contributed by atoms with Gasteiger partial charge in [-0.25, -0.2) is 0 Å². The molecule has 0 heterocycles. The van der Waals surface area contributed by atoms with E-state index in [9.17, 15) is 10.1 Å². The van der Waals surface area contributed by atoms with Gasteiger partial charge in [-0.05, 0) is 30.9 Å². The molecule has 1 saturated carbocycles. The van der Waals surface area contributed by atoms with E-state index in [1.54, 1.807) is 11.9 Å². The zero-order valence-corrected chi connectivity index (χ0v) is 11.9. The fraction of sp³-hybridized carbons (Fsp3) is 0.429. The first kappa shape index (κ1) is 13.1. The zero-order chi connectivity index (χ0) is 13.2. The average Bonchev–Trinajstić information content (AvgIpc) is 2.31. The summed E-state index contributed by atoms with van der Waals surface area (Å²) in [4.78, 5) is 13.8. The Labute approximate surface area is 116 Å². The lowest BCUT2D eigenvalue weighted by molar-refractivity contribution is -0.135. The first-order valence-corrected chi connectivity index (χ1v) is 6.80. The fourth-order valence-electron chi connectivity index (χ4n) is 2.20. The highest BCUT2D eigenvalue weighted by molar-refractivity contribution is 9.10. The minimum atomic E-state index is -0.557. The molecule has 18 heavy (non-hydrogen) atoms. The number of nitriles is 1. The SMILES string of the molecule is CN(C(=O)Cc1ccccc1Br)C1(C#N)CCC1. The summed E-state index contributed by atoms with van der Waals surface area (Å²) < 4.78 is 0.936. The summed E-state index contributed by atoms with van der Waals surface area (Å²) in [6.07, 6.45) is 2.95. The molecule has 1 fully saturated rings. The average molecular weight is 307 g/mol. The smallest absolute Gasteiger partial charge is 0.228 e. The van der Waals surface area contributed by atoms with E-state index in [1.165, 1.54) is 0 Å². The van der Waals surface area contributed by atoms with Crippen LogP contribution in [0.3, 0.4) is 0 Å². The van der Waals surface area contributed by atoms with Crippen molar-refractivity contribution in [1.29, 1.82) is 5.26 Å². The summed E-state index contributed by atoms with van der Waals surface area (Å²) in [6.45, 7) is 0. The summed E-state index contributed by atoms with van der Waals surface area (Å²) in [7, 11) is 1.74. The van der Waals surface area contributed by atoms with Crippen LogP contribution < -0.4 is 0 Å². The Hall–Kier alpha value is -1.34. The highest BCUT2D eigenvalue weighted by Gasteiger charge is 2.43. The third kappa shape index (κ3) is 2.28. The second-order valence-electron chi connectivity index (χ2n) is 4.72. The second kappa shape index (κ2) is 5.11. The summed E-state index contributed by atoms with van der Waals surface area (Å²) in [5.74, 6) is 0.00292. The molecular weight excluding hydrogens is 292 g/mol. The number of hydrogen-bond acceptors (Lipinski definition) is 2. The molecular formula is C14H15BrN2O. The molecule has 0 saturated heterocycles. The Kier molecular flexibility index (Phi) is 3.72. The quantitative estimate of drug-likeness (QED) is 0.862. The number of likely N-dealkylation sites (N-methyl/N-ethyl adjacent to an activating group) is 1. The second-order valence-corrected chi connectivity index (χ2v) is 5.57. The van der Waals surface area contributed by atoms with Crippen LogP contribution in [0.5, 0.6) is 0 Å². The van der Waals surface area contributed by atoms with Gasteiger partial charge in [0.15, 0.2) is 0 Å². The van der Waals surface area contributed by atoms with E-state index >= 15 is 0 Å². The van der Waals surface area contributed by atoms with Crippen molar-refractivity contribution in [1.82, 2.24) is 4.90 Å². The molecule has 0 N–H and O–H groups in total. The van der Waals surface area contributed by atoms with Crippen LogP contribution in [-0.2, 0) is 11.2 Å². The van der Waals surface area contributed by atoms with Gasteiger partial charge in [0.05, 0.1) is 12.5 Å². The number of benzene rings is 1. The standard InChI is InChI=1S/C14H15BrN2O/c1-17(14(10-16)7-4-8-14)13(18)9-11-5-2-3-6-12(11)15/h2-3,5-6H,4,7-9H2,1H3. The Balaban J connectivity index is 2.09. The largest absolute Gasteiger partial charge is 0.327 e. The van der Waals surface area contributed by atoms with E-state index in [1.807, 2.05) is 24.3 Å². The lowest BCUT2D eigenvalue weighted by Gasteiger charge is -2.43. The molecule has 0 unspecified atom stereocenters. The topological polar surface area (TPSA) is 44.1 Å². The van der Waals surface area contributed by atoms with Gasteiger partial charge in [0, 0.05) is 11.5 Å². The van der Waals surface area contributed by atoms with E-state index in [-0.39, 0.29) is 5.91 Å². The summed E-state index contributed by atoms with van der Waals surface area (Å²) in [5.41, 5.74) is 0.403. The van der Waals surface area contributed by atoms with E-state index in [2.05, 4.69) is 22.0 Å². The molecule has 1 aliphatic carbocycles. The Morgan fingerprint density at radius 2 is 2.17 bits per heavy atom. The van der Waals surface area contributed by atoms with Gasteiger partial charge in [0.25, 0.3) is 0 Å². The maximum absolute atomic E-state index is 12.2. The lowest BCUT2D eigenvalue weighted by Crippen LogP contribution is -2.53. The van der Waals surface area contributed by atoms with Crippen molar-refractivity contribution in [3.05, 3.63) is 34.3 Å². The number of carbonyl (C=O) groups excluding carboxylic acids is 1. The van der Waals surface area contributed by atoms with Gasteiger partial charge in [0.2, 0.25) is 5.91 Å². The molecule has 4 heteroatoms.